The molecule has 0 N–H and O–H groups in total. The molecule has 3 aliphatic rings. The monoisotopic (exact) mass is 460 g/mol. The zero-order valence-electron chi connectivity index (χ0n) is 19.0. The zero-order valence-corrected chi connectivity index (χ0v) is 19.0. The summed E-state index contributed by atoms with van der Waals surface area (Å²) in [6, 6.07) is 2.60. The van der Waals surface area contributed by atoms with Crippen LogP contribution < -0.4 is 9.80 Å². The maximum atomic E-state index is 13.5. The van der Waals surface area contributed by atoms with E-state index in [-0.39, 0.29) is 17.9 Å². The van der Waals surface area contributed by atoms with Gasteiger partial charge in [0.15, 0.2) is 0 Å². The van der Waals surface area contributed by atoms with Crippen LogP contribution >= 0.6 is 0 Å². The second-order valence-electron chi connectivity index (χ2n) is 9.22. The molecule has 33 heavy (non-hydrogen) atoms. The Morgan fingerprint density at radius 1 is 1.06 bits per heavy atom. The normalized spacial score (nSPS) is 22.5. The summed E-state index contributed by atoms with van der Waals surface area (Å²) in [5.41, 5.74) is 1.81. The molecule has 0 radical (unpaired) electrons. The topological polar surface area (TPSA) is 65.5 Å². The smallest absolute Gasteiger partial charge is 0.371 e. The maximum absolute atomic E-state index is 13.5. The van der Waals surface area contributed by atoms with Crippen LogP contribution in [-0.2, 0) is 17.5 Å². The molecule has 0 aliphatic carbocycles. The fourth-order valence-corrected chi connectivity index (χ4v) is 5.07. The van der Waals surface area contributed by atoms with Crippen molar-refractivity contribution >= 4 is 17.4 Å². The number of nitrogens with zero attached hydrogens (tertiary/aromatic N) is 6. The molecule has 0 aromatic carbocycles. The van der Waals surface area contributed by atoms with Gasteiger partial charge in [0.25, 0.3) is 0 Å². The zero-order chi connectivity index (χ0) is 23.5. The van der Waals surface area contributed by atoms with Gasteiger partial charge in [-0.05, 0) is 45.7 Å². The lowest BCUT2D eigenvalue weighted by molar-refractivity contribution is -0.141. The second kappa shape index (κ2) is 7.85. The van der Waals surface area contributed by atoms with E-state index in [4.69, 9.17) is 0 Å². The predicted octanol–water partition coefficient (Wildman–Crippen LogP) is 3.65. The van der Waals surface area contributed by atoms with Crippen LogP contribution in [0, 0.1) is 19.8 Å². The lowest BCUT2D eigenvalue weighted by atomic mass is 10.1. The Bertz CT molecular complexity index is 1100. The van der Waals surface area contributed by atoms with Gasteiger partial charge in [-0.1, -0.05) is 0 Å². The van der Waals surface area contributed by atoms with E-state index >= 15 is 0 Å². The van der Waals surface area contributed by atoms with Gasteiger partial charge in [0.2, 0.25) is 5.91 Å². The molecular formula is C23H27F3N6O. The van der Waals surface area contributed by atoms with Crippen LogP contribution in [0.1, 0.15) is 54.3 Å². The van der Waals surface area contributed by atoms with Crippen molar-refractivity contribution in [1.82, 2.24) is 19.9 Å². The molecule has 3 aliphatic heterocycles. The number of alkyl halides is 3. The summed E-state index contributed by atoms with van der Waals surface area (Å²) in [4.78, 5) is 32.3. The van der Waals surface area contributed by atoms with E-state index in [1.807, 2.05) is 23.6 Å². The van der Waals surface area contributed by atoms with E-state index in [2.05, 4.69) is 19.9 Å². The minimum atomic E-state index is -4.50. The molecule has 10 heteroatoms. The van der Waals surface area contributed by atoms with Crippen LogP contribution in [0.3, 0.4) is 0 Å². The molecule has 2 aromatic heterocycles. The molecule has 0 unspecified atom stereocenters. The first-order valence-corrected chi connectivity index (χ1v) is 11.4. The third-order valence-corrected chi connectivity index (χ3v) is 6.89. The van der Waals surface area contributed by atoms with Crippen LogP contribution in [0.2, 0.25) is 0 Å². The summed E-state index contributed by atoms with van der Waals surface area (Å²) in [6.45, 7) is 8.74. The average Bonchev–Trinajstić information content (AvgIpc) is 3.30. The summed E-state index contributed by atoms with van der Waals surface area (Å²) < 4.78 is 39.6. The molecule has 1 amide bonds. The van der Waals surface area contributed by atoms with Crippen LogP contribution in [0.4, 0.5) is 24.7 Å². The Morgan fingerprint density at radius 2 is 1.82 bits per heavy atom. The highest BCUT2D eigenvalue weighted by atomic mass is 19.4. The molecule has 2 fully saturated rings. The lowest BCUT2D eigenvalue weighted by Gasteiger charge is -2.34. The molecule has 2 atom stereocenters. The number of hydrogen-bond acceptors (Lipinski definition) is 6. The number of aryl methyl sites for hydroxylation is 2. The summed E-state index contributed by atoms with van der Waals surface area (Å²) in [6.07, 6.45) is -2.76. The first-order valence-electron chi connectivity index (χ1n) is 11.4. The van der Waals surface area contributed by atoms with Crippen molar-refractivity contribution in [3.63, 3.8) is 0 Å². The van der Waals surface area contributed by atoms with E-state index in [0.717, 1.165) is 42.7 Å². The standard InChI is InChI=1S/C23H27F3N6O/c1-13-9-17(10-19(27-13)23(24,25)26)31-8-5-16(11-31)22(33)32-12-18-20(14(32)2)21(29-15(3)28-18)30-6-4-7-30/h9-10,14,16H,4-8,11-12H2,1-3H3/t14-,16+/m0/s1. The number of carbonyl (C=O) groups is 1. The Hall–Kier alpha value is -2.91. The molecule has 5 rings (SSSR count). The molecule has 2 aromatic rings. The van der Waals surface area contributed by atoms with Crippen LogP contribution in [-0.4, -0.2) is 51.9 Å². The summed E-state index contributed by atoms with van der Waals surface area (Å²) in [7, 11) is 0. The van der Waals surface area contributed by atoms with Crippen molar-refractivity contribution in [1.29, 1.82) is 0 Å². The largest absolute Gasteiger partial charge is 0.433 e. The average molecular weight is 461 g/mol. The predicted molar refractivity (Wildman–Crippen MR) is 117 cm³/mol. The minimum absolute atomic E-state index is 0.0250. The van der Waals surface area contributed by atoms with Gasteiger partial charge < -0.3 is 14.7 Å². The molecular weight excluding hydrogens is 433 g/mol. The number of amides is 1. The molecule has 0 spiro atoms. The first kappa shape index (κ1) is 21.9. The molecule has 5 heterocycles. The third-order valence-electron chi connectivity index (χ3n) is 6.89. The van der Waals surface area contributed by atoms with Crippen LogP contribution in [0.5, 0.6) is 0 Å². The van der Waals surface area contributed by atoms with Gasteiger partial charge in [0.05, 0.1) is 24.2 Å². The summed E-state index contributed by atoms with van der Waals surface area (Å²) >= 11 is 0. The fourth-order valence-electron chi connectivity index (χ4n) is 5.07. The van der Waals surface area contributed by atoms with E-state index in [0.29, 0.717) is 43.3 Å². The quantitative estimate of drug-likeness (QED) is 0.697. The second-order valence-corrected chi connectivity index (χ2v) is 9.22. The van der Waals surface area contributed by atoms with Gasteiger partial charge in [-0.3, -0.25) is 4.79 Å². The third kappa shape index (κ3) is 3.89. The highest BCUT2D eigenvalue weighted by molar-refractivity contribution is 5.82. The minimum Gasteiger partial charge on any atom is -0.371 e. The number of halogens is 3. The Morgan fingerprint density at radius 3 is 2.48 bits per heavy atom. The highest BCUT2D eigenvalue weighted by Gasteiger charge is 2.41. The van der Waals surface area contributed by atoms with Crippen LogP contribution in [0.25, 0.3) is 0 Å². The summed E-state index contributed by atoms with van der Waals surface area (Å²) in [5, 5.41) is 0. The van der Waals surface area contributed by atoms with Gasteiger partial charge in [-0.25, -0.2) is 15.0 Å². The van der Waals surface area contributed by atoms with E-state index in [1.165, 1.54) is 0 Å². The number of carbonyl (C=O) groups excluding carboxylic acids is 1. The van der Waals surface area contributed by atoms with Gasteiger partial charge in [-0.2, -0.15) is 13.2 Å². The Balaban J connectivity index is 1.34. The molecule has 176 valence electrons. The maximum Gasteiger partial charge on any atom is 0.433 e. The molecule has 7 nitrogen and oxygen atoms in total. The van der Waals surface area contributed by atoms with E-state index < -0.39 is 11.9 Å². The Kier molecular flexibility index (Phi) is 5.21. The van der Waals surface area contributed by atoms with E-state index in [1.54, 1.807) is 13.0 Å². The Labute approximate surface area is 190 Å². The van der Waals surface area contributed by atoms with Crippen LogP contribution in [0.15, 0.2) is 12.1 Å². The number of fused-ring (bicyclic) bond motifs is 1. The van der Waals surface area contributed by atoms with Crippen molar-refractivity contribution in [3.05, 3.63) is 40.6 Å². The molecule has 2 saturated heterocycles. The highest BCUT2D eigenvalue weighted by Crippen LogP contribution is 2.41. The van der Waals surface area contributed by atoms with Crippen molar-refractivity contribution in [3.8, 4) is 0 Å². The van der Waals surface area contributed by atoms with E-state index in [9.17, 15) is 18.0 Å². The van der Waals surface area contributed by atoms with Gasteiger partial charge in [0, 0.05) is 43.1 Å². The van der Waals surface area contributed by atoms with Crippen molar-refractivity contribution in [2.75, 3.05) is 36.0 Å². The van der Waals surface area contributed by atoms with Gasteiger partial charge in [-0.15, -0.1) is 0 Å². The number of rotatable bonds is 3. The first-order chi connectivity index (χ1) is 15.6. The number of pyridine rings is 1. The van der Waals surface area contributed by atoms with Gasteiger partial charge in [0.1, 0.15) is 17.3 Å². The van der Waals surface area contributed by atoms with Crippen molar-refractivity contribution in [2.45, 2.75) is 52.4 Å². The molecule has 0 saturated carbocycles. The molecule has 0 bridgehead atoms. The SMILES string of the molecule is Cc1cc(N2CC[C@@H](C(=O)N3Cc4nc(C)nc(N5CCC5)c4[C@@H]3C)C2)cc(C(F)(F)F)n1. The lowest BCUT2D eigenvalue weighted by Crippen LogP contribution is -2.39. The van der Waals surface area contributed by atoms with Gasteiger partial charge >= 0.3 is 6.18 Å². The van der Waals surface area contributed by atoms with Crippen molar-refractivity contribution < 1.29 is 18.0 Å². The summed E-state index contributed by atoms with van der Waals surface area (Å²) in [5.74, 6) is 1.40. The number of aromatic nitrogens is 3. The number of anilines is 2. The number of hydrogen-bond donors (Lipinski definition) is 0. The van der Waals surface area contributed by atoms with Crippen molar-refractivity contribution in [2.24, 2.45) is 5.92 Å². The fraction of sp³-hybridized carbons (Fsp3) is 0.565.